The highest BCUT2D eigenvalue weighted by Gasteiger charge is 2.25. The second-order valence-corrected chi connectivity index (χ2v) is 7.89. The highest BCUT2D eigenvalue weighted by Crippen LogP contribution is 2.32. The first kappa shape index (κ1) is 21.6. The number of rotatable bonds is 8. The quantitative estimate of drug-likeness (QED) is 0.400. The number of ether oxygens (including phenoxy) is 1. The summed E-state index contributed by atoms with van der Waals surface area (Å²) < 4.78 is 6.18. The van der Waals surface area contributed by atoms with Crippen LogP contribution >= 0.6 is 0 Å². The van der Waals surface area contributed by atoms with Gasteiger partial charge in [0, 0.05) is 45.2 Å². The molecule has 2 N–H and O–H groups in total. The molecule has 1 amide bonds. The Bertz CT molecular complexity index is 691. The number of nitrogens with zero attached hydrogens (tertiary/aromatic N) is 2. The van der Waals surface area contributed by atoms with E-state index in [0.29, 0.717) is 6.42 Å². The number of hydrogen-bond acceptors (Lipinski definition) is 3. The maximum atomic E-state index is 11.9. The largest absolute Gasteiger partial charge is 0.373 e. The molecule has 0 aromatic heterocycles. The number of likely N-dealkylation sites (tertiary alicyclic amines) is 1. The summed E-state index contributed by atoms with van der Waals surface area (Å²) in [5, 5.41) is 6.80. The fourth-order valence-electron chi connectivity index (χ4n) is 4.21. The molecular weight excluding hydrogens is 364 g/mol. The first-order valence-electron chi connectivity index (χ1n) is 11.2. The number of aliphatic imine (C=N–C) groups is 1. The van der Waals surface area contributed by atoms with Crippen molar-refractivity contribution in [1.82, 2.24) is 15.5 Å². The van der Waals surface area contributed by atoms with Crippen molar-refractivity contribution in [2.75, 3.05) is 32.8 Å². The Labute approximate surface area is 175 Å². The van der Waals surface area contributed by atoms with E-state index in [-0.39, 0.29) is 18.1 Å². The topological polar surface area (TPSA) is 66.0 Å². The van der Waals surface area contributed by atoms with E-state index in [0.717, 1.165) is 58.0 Å². The molecule has 2 aliphatic rings. The molecule has 2 atom stereocenters. The third-order valence-corrected chi connectivity index (χ3v) is 5.73. The lowest BCUT2D eigenvalue weighted by atomic mass is 9.89. The summed E-state index contributed by atoms with van der Waals surface area (Å²) >= 11 is 0. The van der Waals surface area contributed by atoms with Crippen LogP contribution in [0.1, 0.15) is 63.2 Å². The Morgan fingerprint density at radius 1 is 1.28 bits per heavy atom. The molecule has 0 spiro atoms. The highest BCUT2D eigenvalue weighted by atomic mass is 16.5. The molecule has 6 heteroatoms. The molecule has 160 valence electrons. The first-order chi connectivity index (χ1) is 14.2. The number of fused-ring (bicyclic) bond motifs is 1. The first-order valence-corrected chi connectivity index (χ1v) is 11.2. The van der Waals surface area contributed by atoms with Gasteiger partial charge < -0.3 is 20.3 Å². The number of nitrogens with one attached hydrogen (secondary N) is 2. The molecule has 6 nitrogen and oxygen atoms in total. The summed E-state index contributed by atoms with van der Waals surface area (Å²) in [7, 11) is 0. The molecule has 1 fully saturated rings. The van der Waals surface area contributed by atoms with Crippen molar-refractivity contribution in [3.05, 3.63) is 35.4 Å². The van der Waals surface area contributed by atoms with Gasteiger partial charge in [0.15, 0.2) is 5.96 Å². The fourth-order valence-corrected chi connectivity index (χ4v) is 4.21. The van der Waals surface area contributed by atoms with E-state index in [4.69, 9.17) is 9.73 Å². The van der Waals surface area contributed by atoms with E-state index >= 15 is 0 Å². The van der Waals surface area contributed by atoms with Crippen molar-refractivity contribution in [3.63, 3.8) is 0 Å². The van der Waals surface area contributed by atoms with Crippen molar-refractivity contribution < 1.29 is 9.53 Å². The van der Waals surface area contributed by atoms with Gasteiger partial charge in [0.05, 0.1) is 6.10 Å². The zero-order chi connectivity index (χ0) is 20.5. The summed E-state index contributed by atoms with van der Waals surface area (Å²) in [6, 6.07) is 8.93. The standard InChI is InChI=1S/C23H36N4O2/c1-3-22(28)27-15-13-19(17-27)26-23(24-4-2)25-14-8-16-29-21-12-7-10-18-9-5-6-11-20(18)21/h5-6,9,11,19,21H,3-4,7-8,10,12-17H2,1-2H3,(H2,24,25,26). The predicted octanol–water partition coefficient (Wildman–Crippen LogP) is 3.04. The van der Waals surface area contributed by atoms with Crippen LogP contribution in [0, 0.1) is 0 Å². The highest BCUT2D eigenvalue weighted by molar-refractivity contribution is 5.80. The second kappa shape index (κ2) is 11.2. The van der Waals surface area contributed by atoms with Crippen LogP contribution in [0.25, 0.3) is 0 Å². The summed E-state index contributed by atoms with van der Waals surface area (Å²) in [5.41, 5.74) is 2.80. The lowest BCUT2D eigenvalue weighted by Crippen LogP contribution is -2.45. The van der Waals surface area contributed by atoms with Crippen LogP contribution in [0.15, 0.2) is 29.3 Å². The van der Waals surface area contributed by atoms with E-state index in [1.54, 1.807) is 0 Å². The Morgan fingerprint density at radius 2 is 2.14 bits per heavy atom. The number of benzene rings is 1. The average Bonchev–Trinajstić information content (AvgIpc) is 3.21. The molecule has 0 saturated carbocycles. The molecule has 1 aromatic rings. The zero-order valence-corrected chi connectivity index (χ0v) is 18.0. The number of aryl methyl sites for hydroxylation is 1. The van der Waals surface area contributed by atoms with Crippen LogP contribution in [0.4, 0.5) is 0 Å². The van der Waals surface area contributed by atoms with Gasteiger partial charge in [0.25, 0.3) is 0 Å². The molecule has 1 aliphatic carbocycles. The minimum atomic E-state index is 0.232. The number of carbonyl (C=O) groups is 1. The average molecular weight is 401 g/mol. The van der Waals surface area contributed by atoms with Gasteiger partial charge in [-0.05, 0) is 50.2 Å². The predicted molar refractivity (Wildman–Crippen MR) is 117 cm³/mol. The smallest absolute Gasteiger partial charge is 0.222 e. The van der Waals surface area contributed by atoms with Gasteiger partial charge in [-0.3, -0.25) is 9.79 Å². The van der Waals surface area contributed by atoms with Gasteiger partial charge in [-0.2, -0.15) is 0 Å². The molecule has 1 aliphatic heterocycles. The van der Waals surface area contributed by atoms with Crippen LogP contribution in [-0.2, 0) is 16.0 Å². The van der Waals surface area contributed by atoms with Gasteiger partial charge in [-0.15, -0.1) is 0 Å². The fraction of sp³-hybridized carbons (Fsp3) is 0.652. The molecule has 3 rings (SSSR count). The zero-order valence-electron chi connectivity index (χ0n) is 18.0. The maximum Gasteiger partial charge on any atom is 0.222 e. The minimum absolute atomic E-state index is 0.232. The lowest BCUT2D eigenvalue weighted by molar-refractivity contribution is -0.129. The number of carbonyl (C=O) groups excluding carboxylic acids is 1. The lowest BCUT2D eigenvalue weighted by Gasteiger charge is -2.25. The van der Waals surface area contributed by atoms with Crippen LogP contribution in [0.3, 0.4) is 0 Å². The van der Waals surface area contributed by atoms with Crippen LogP contribution in [0.5, 0.6) is 0 Å². The van der Waals surface area contributed by atoms with Crippen LogP contribution < -0.4 is 10.6 Å². The Morgan fingerprint density at radius 3 is 2.97 bits per heavy atom. The number of amides is 1. The van der Waals surface area contributed by atoms with Gasteiger partial charge in [-0.1, -0.05) is 31.2 Å². The molecule has 1 heterocycles. The van der Waals surface area contributed by atoms with E-state index in [1.807, 2.05) is 11.8 Å². The molecule has 1 saturated heterocycles. The summed E-state index contributed by atoms with van der Waals surface area (Å²) in [6.07, 6.45) is 6.16. The number of hydrogen-bond donors (Lipinski definition) is 2. The molecule has 2 unspecified atom stereocenters. The van der Waals surface area contributed by atoms with Gasteiger partial charge in [0.1, 0.15) is 0 Å². The van der Waals surface area contributed by atoms with E-state index in [1.165, 1.54) is 24.0 Å². The second-order valence-electron chi connectivity index (χ2n) is 7.89. The monoisotopic (exact) mass is 400 g/mol. The van der Waals surface area contributed by atoms with E-state index in [2.05, 4.69) is 41.8 Å². The third-order valence-electron chi connectivity index (χ3n) is 5.73. The molecule has 29 heavy (non-hydrogen) atoms. The van der Waals surface area contributed by atoms with Crippen LogP contribution in [0.2, 0.25) is 0 Å². The van der Waals surface area contributed by atoms with Gasteiger partial charge >= 0.3 is 0 Å². The van der Waals surface area contributed by atoms with Gasteiger partial charge in [-0.25, -0.2) is 0 Å². The Balaban J connectivity index is 1.41. The Kier molecular flexibility index (Phi) is 8.35. The third kappa shape index (κ3) is 6.20. The van der Waals surface area contributed by atoms with Crippen LogP contribution in [-0.4, -0.2) is 55.6 Å². The molecule has 0 radical (unpaired) electrons. The summed E-state index contributed by atoms with van der Waals surface area (Å²) in [4.78, 5) is 18.5. The van der Waals surface area contributed by atoms with Crippen molar-refractivity contribution >= 4 is 11.9 Å². The Hall–Kier alpha value is -2.08. The van der Waals surface area contributed by atoms with Crippen molar-refractivity contribution in [2.45, 2.75) is 64.5 Å². The minimum Gasteiger partial charge on any atom is -0.373 e. The van der Waals surface area contributed by atoms with E-state index < -0.39 is 0 Å². The normalized spacial score (nSPS) is 21.7. The molecular formula is C23H36N4O2. The molecule has 0 bridgehead atoms. The van der Waals surface area contributed by atoms with Crippen molar-refractivity contribution in [1.29, 1.82) is 0 Å². The molecule has 1 aromatic carbocycles. The van der Waals surface area contributed by atoms with Gasteiger partial charge in [0.2, 0.25) is 5.91 Å². The van der Waals surface area contributed by atoms with Crippen molar-refractivity contribution in [2.24, 2.45) is 4.99 Å². The summed E-state index contributed by atoms with van der Waals surface area (Å²) in [5.74, 6) is 1.07. The van der Waals surface area contributed by atoms with E-state index in [9.17, 15) is 4.79 Å². The number of guanidine groups is 1. The van der Waals surface area contributed by atoms with Crippen molar-refractivity contribution in [3.8, 4) is 0 Å². The summed E-state index contributed by atoms with van der Waals surface area (Å²) in [6.45, 7) is 7.87. The maximum absolute atomic E-state index is 11.9. The SMILES string of the molecule is CCNC(=NCCCOC1CCCc2ccccc21)NC1CCN(C(=O)CC)C1.